The van der Waals surface area contributed by atoms with E-state index in [-0.39, 0.29) is 31.6 Å². The largest absolute Gasteiger partial charge is 0.459 e. The van der Waals surface area contributed by atoms with Gasteiger partial charge >= 0.3 is 5.97 Å². The van der Waals surface area contributed by atoms with Crippen LogP contribution in [0.15, 0.2) is 59.8 Å². The summed E-state index contributed by atoms with van der Waals surface area (Å²) in [7, 11) is 5.29. The Balaban J connectivity index is 1.42. The van der Waals surface area contributed by atoms with E-state index >= 15 is 0 Å². The Hall–Kier alpha value is -3.51. The minimum Gasteiger partial charge on any atom is -0.459 e. The third kappa shape index (κ3) is 14.2. The number of esters is 1. The first-order valence-corrected chi connectivity index (χ1v) is 23.1. The van der Waals surface area contributed by atoms with E-state index in [2.05, 4.69) is 27.9 Å². The number of likely N-dealkylation sites (N-methyl/N-ethyl adjacent to an activating group) is 1. The van der Waals surface area contributed by atoms with Gasteiger partial charge in [0.2, 0.25) is 0 Å². The number of carbonyl (C=O) groups is 2. The number of oxime groups is 1. The predicted octanol–water partition coefficient (Wildman–Crippen LogP) is 5.48. The number of rotatable bonds is 18. The summed E-state index contributed by atoms with van der Waals surface area (Å²) < 4.78 is 30.8. The summed E-state index contributed by atoms with van der Waals surface area (Å²) in [6.07, 6.45) is -3.08. The standard InChI is InChI=1S/C49H78N4O11/c1-12-40-49(8,58)44(56)33(4)41(52-60-27-26-50-24-16-17-25-51-30-36-20-22-38(23-21-36)62-37-18-14-13-15-19-37)31(2)29-48(7,59-11)45(34(5)42(54)35(6)46(57)63-40)64-47-43(55)39(53(9)10)28-32(3)61-47/h13-15,18-23,31-35,39-40,43-45,47,50-51,55-56,58H,12,16-17,24-30H2,1-11H3/b52-41+/t31-,32-,33+,34+,35-,39+,40-,43-,44-,45-,47+,48-,49-/m1/s1. The van der Waals surface area contributed by atoms with Crippen molar-refractivity contribution in [3.63, 3.8) is 0 Å². The van der Waals surface area contributed by atoms with Gasteiger partial charge < -0.3 is 59.4 Å². The minimum atomic E-state index is -1.91. The zero-order valence-corrected chi connectivity index (χ0v) is 40.1. The fraction of sp³-hybridized carbons (Fsp3) is 0.694. The number of aliphatic hydroxyl groups excluding tert-OH is 2. The molecule has 64 heavy (non-hydrogen) atoms. The first-order valence-electron chi connectivity index (χ1n) is 23.1. The lowest BCUT2D eigenvalue weighted by molar-refractivity contribution is -0.295. The summed E-state index contributed by atoms with van der Waals surface area (Å²) in [6, 6.07) is 17.5. The van der Waals surface area contributed by atoms with Gasteiger partial charge in [-0.3, -0.25) is 9.59 Å². The molecular weight excluding hydrogens is 821 g/mol. The zero-order chi connectivity index (χ0) is 47.2. The molecule has 0 radical (unpaired) electrons. The van der Waals surface area contributed by atoms with E-state index in [1.165, 1.54) is 26.5 Å². The van der Waals surface area contributed by atoms with Crippen molar-refractivity contribution in [3.8, 4) is 11.5 Å². The van der Waals surface area contributed by atoms with E-state index in [9.17, 15) is 24.9 Å². The maximum atomic E-state index is 14.2. The molecule has 15 heteroatoms. The van der Waals surface area contributed by atoms with Crippen LogP contribution in [0, 0.1) is 23.7 Å². The number of ether oxygens (including phenoxy) is 5. The average Bonchev–Trinajstić information content (AvgIpc) is 3.27. The van der Waals surface area contributed by atoms with Gasteiger partial charge in [-0.15, -0.1) is 0 Å². The Bertz CT molecular complexity index is 1750. The Morgan fingerprint density at radius 1 is 0.891 bits per heavy atom. The highest BCUT2D eigenvalue weighted by molar-refractivity contribution is 6.00. The number of benzene rings is 2. The molecule has 15 nitrogen and oxygen atoms in total. The topological polar surface area (TPSA) is 190 Å². The average molecular weight is 899 g/mol. The number of Topliss-reactive ketones (excluding diaryl/α,β-unsaturated/α-hetero) is 1. The van der Waals surface area contributed by atoms with Crippen LogP contribution >= 0.6 is 0 Å². The molecule has 0 amide bonds. The normalized spacial score (nSPS) is 34.0. The number of unbranched alkanes of at least 4 members (excludes halogenated alkanes) is 1. The van der Waals surface area contributed by atoms with Crippen molar-refractivity contribution in [2.45, 2.75) is 148 Å². The molecule has 0 saturated carbocycles. The molecule has 0 bridgehead atoms. The molecule has 2 saturated heterocycles. The van der Waals surface area contributed by atoms with E-state index < -0.39 is 77.3 Å². The molecule has 0 spiro atoms. The number of hydrogen-bond donors (Lipinski definition) is 5. The van der Waals surface area contributed by atoms with Gasteiger partial charge in [-0.05, 0) is 117 Å². The van der Waals surface area contributed by atoms with Gasteiger partial charge in [-0.2, -0.15) is 0 Å². The van der Waals surface area contributed by atoms with Crippen LogP contribution in [-0.4, -0.2) is 139 Å². The molecule has 5 N–H and O–H groups in total. The van der Waals surface area contributed by atoms with Crippen LogP contribution in [-0.2, 0) is 39.9 Å². The van der Waals surface area contributed by atoms with Crippen LogP contribution in [0.3, 0.4) is 0 Å². The van der Waals surface area contributed by atoms with E-state index in [1.807, 2.05) is 82.2 Å². The van der Waals surface area contributed by atoms with Crippen LogP contribution in [0.4, 0.5) is 0 Å². The Labute approximate surface area is 381 Å². The highest BCUT2D eigenvalue weighted by Gasteiger charge is 2.51. The Kier molecular flexibility index (Phi) is 20.6. The zero-order valence-electron chi connectivity index (χ0n) is 40.1. The van der Waals surface area contributed by atoms with E-state index in [4.69, 9.17) is 28.5 Å². The summed E-state index contributed by atoms with van der Waals surface area (Å²) in [5.74, 6) is -3.09. The van der Waals surface area contributed by atoms with Crippen LogP contribution in [0.25, 0.3) is 0 Å². The molecule has 4 rings (SSSR count). The molecule has 2 aromatic rings. The number of aliphatic hydroxyl groups is 3. The van der Waals surface area contributed by atoms with Crippen molar-refractivity contribution >= 4 is 17.5 Å². The van der Waals surface area contributed by atoms with Gasteiger partial charge in [0.25, 0.3) is 0 Å². The lowest BCUT2D eigenvalue weighted by Gasteiger charge is -2.47. The number of ketones is 1. The van der Waals surface area contributed by atoms with Crippen molar-refractivity contribution in [2.75, 3.05) is 47.4 Å². The lowest BCUT2D eigenvalue weighted by Crippen LogP contribution is -2.60. The molecule has 2 aliphatic heterocycles. The molecule has 2 heterocycles. The number of para-hydroxylation sites is 1. The second-order valence-corrected chi connectivity index (χ2v) is 18.5. The summed E-state index contributed by atoms with van der Waals surface area (Å²) in [4.78, 5) is 35.7. The first-order chi connectivity index (χ1) is 30.3. The third-order valence-electron chi connectivity index (χ3n) is 13.1. The van der Waals surface area contributed by atoms with Gasteiger partial charge in [-0.1, -0.05) is 63.2 Å². The van der Waals surface area contributed by atoms with Crippen LogP contribution in [0.1, 0.15) is 93.1 Å². The van der Waals surface area contributed by atoms with Crippen molar-refractivity contribution < 1.29 is 53.4 Å². The number of methoxy groups -OCH3 is 1. The SMILES string of the molecule is CC[C@H]1OC(=O)[C@H](C)C(=O)[C@H](C)[C@@H](O[C@@H]2O[C@H](C)C[C@H](N(C)C)[C@H]2O)[C@](C)(OC)C[C@@H](C)/C(=N\OCCNCCCCNCc2ccc(Oc3ccccc3)cc2)[C@H](C)[C@@H](O)[C@]1(C)O. The number of nitrogens with zero attached hydrogens (tertiary/aromatic N) is 2. The Morgan fingerprint density at radius 2 is 1.53 bits per heavy atom. The second kappa shape index (κ2) is 24.9. The maximum Gasteiger partial charge on any atom is 0.316 e. The smallest absolute Gasteiger partial charge is 0.316 e. The number of cyclic esters (lactones) is 1. The van der Waals surface area contributed by atoms with Gasteiger partial charge in [0.05, 0.1) is 29.6 Å². The predicted molar refractivity (Wildman–Crippen MR) is 246 cm³/mol. The highest BCUT2D eigenvalue weighted by atomic mass is 16.7. The molecule has 0 aliphatic carbocycles. The third-order valence-corrected chi connectivity index (χ3v) is 13.1. The van der Waals surface area contributed by atoms with Crippen LogP contribution in [0.5, 0.6) is 11.5 Å². The molecular formula is C49H78N4O11. The first kappa shape index (κ1) is 53.1. The molecule has 13 atom stereocenters. The fourth-order valence-corrected chi connectivity index (χ4v) is 9.01. The van der Waals surface area contributed by atoms with Crippen molar-refractivity contribution in [3.05, 3.63) is 60.2 Å². The summed E-state index contributed by atoms with van der Waals surface area (Å²) >= 11 is 0. The Morgan fingerprint density at radius 3 is 2.16 bits per heavy atom. The number of carbonyl (C=O) groups excluding carboxylic acids is 2. The van der Waals surface area contributed by atoms with Gasteiger partial charge in [0.1, 0.15) is 41.8 Å². The van der Waals surface area contributed by atoms with Crippen molar-refractivity contribution in [1.29, 1.82) is 0 Å². The van der Waals surface area contributed by atoms with Crippen LogP contribution in [0.2, 0.25) is 0 Å². The molecule has 360 valence electrons. The highest BCUT2D eigenvalue weighted by Crippen LogP contribution is 2.38. The van der Waals surface area contributed by atoms with E-state index in [0.29, 0.717) is 18.7 Å². The van der Waals surface area contributed by atoms with E-state index in [1.54, 1.807) is 20.8 Å². The van der Waals surface area contributed by atoms with Crippen molar-refractivity contribution in [2.24, 2.45) is 28.8 Å². The fourth-order valence-electron chi connectivity index (χ4n) is 9.01. The van der Waals surface area contributed by atoms with E-state index in [0.717, 1.165) is 44.0 Å². The summed E-state index contributed by atoms with van der Waals surface area (Å²) in [6.45, 7) is 16.9. The van der Waals surface area contributed by atoms with Crippen molar-refractivity contribution in [1.82, 2.24) is 15.5 Å². The molecule has 2 aromatic carbocycles. The number of nitrogens with one attached hydrogen (secondary N) is 2. The van der Waals surface area contributed by atoms with Gasteiger partial charge in [0, 0.05) is 44.0 Å². The molecule has 0 aromatic heterocycles. The van der Waals surface area contributed by atoms with Crippen LogP contribution < -0.4 is 15.4 Å². The summed E-state index contributed by atoms with van der Waals surface area (Å²) in [5, 5.41) is 46.7. The van der Waals surface area contributed by atoms with Gasteiger partial charge in [-0.25, -0.2) is 0 Å². The van der Waals surface area contributed by atoms with Gasteiger partial charge in [0.15, 0.2) is 12.1 Å². The molecule has 0 unspecified atom stereocenters. The molecule has 2 fully saturated rings. The monoisotopic (exact) mass is 899 g/mol. The maximum absolute atomic E-state index is 14.2. The molecule has 2 aliphatic rings. The second-order valence-electron chi connectivity index (χ2n) is 18.5. The lowest BCUT2D eigenvalue weighted by atomic mass is 9.74. The number of hydrogen-bond acceptors (Lipinski definition) is 15. The minimum absolute atomic E-state index is 0.175. The summed E-state index contributed by atoms with van der Waals surface area (Å²) in [5.41, 5.74) is -1.51. The quantitative estimate of drug-likeness (QED) is 0.0548.